The third-order valence-corrected chi connectivity index (χ3v) is 2.38. The molecule has 0 radical (unpaired) electrons. The van der Waals surface area contributed by atoms with Gasteiger partial charge in [0.1, 0.15) is 13.0 Å². The van der Waals surface area contributed by atoms with Crippen LogP contribution >= 0.6 is 0 Å². The number of nitrogens with zero attached hydrogens (tertiary/aromatic N) is 1. The van der Waals surface area contributed by atoms with Gasteiger partial charge in [0.05, 0.1) is 40.4 Å². The van der Waals surface area contributed by atoms with Gasteiger partial charge in [-0.3, -0.25) is 10.2 Å². The van der Waals surface area contributed by atoms with E-state index in [0.29, 0.717) is 24.2 Å². The number of aliphatic hydroxyl groups is 1. The number of hydrogen-bond donors (Lipinski definition) is 3. The average Bonchev–Trinajstić information content (AvgIpc) is 2.16. The van der Waals surface area contributed by atoms with E-state index < -0.39 is 0 Å². The van der Waals surface area contributed by atoms with E-state index in [9.17, 15) is 4.79 Å². The lowest BCUT2D eigenvalue weighted by Gasteiger charge is -2.28. The number of ether oxygens (including phenoxy) is 1. The first kappa shape index (κ1) is 15.9. The Morgan fingerprint density at radius 2 is 2.06 bits per heavy atom. The van der Waals surface area contributed by atoms with Crippen LogP contribution in [0.1, 0.15) is 13.3 Å². The summed E-state index contributed by atoms with van der Waals surface area (Å²) in [5.41, 5.74) is 0. The fraction of sp³-hybridized carbons (Fsp3) is 0.818. The lowest BCUT2D eigenvalue weighted by molar-refractivity contribution is -0.889. The van der Waals surface area contributed by atoms with Crippen molar-refractivity contribution in [2.75, 3.05) is 46.9 Å². The van der Waals surface area contributed by atoms with Crippen LogP contribution in [0.25, 0.3) is 0 Å². The van der Waals surface area contributed by atoms with Crippen LogP contribution in [0.3, 0.4) is 0 Å². The predicted octanol–water partition coefficient (Wildman–Crippen LogP) is -0.425. The number of amides is 1. The van der Waals surface area contributed by atoms with Gasteiger partial charge in [0.15, 0.2) is 5.90 Å². The second-order valence-electron chi connectivity index (χ2n) is 4.49. The van der Waals surface area contributed by atoms with E-state index in [-0.39, 0.29) is 24.8 Å². The van der Waals surface area contributed by atoms with Crippen LogP contribution in [0.5, 0.6) is 0 Å². The van der Waals surface area contributed by atoms with Crippen molar-refractivity contribution in [1.82, 2.24) is 5.32 Å². The summed E-state index contributed by atoms with van der Waals surface area (Å²) in [4.78, 5) is 11.4. The first-order valence-corrected chi connectivity index (χ1v) is 5.81. The van der Waals surface area contributed by atoms with Crippen molar-refractivity contribution in [1.29, 1.82) is 5.41 Å². The van der Waals surface area contributed by atoms with Gasteiger partial charge >= 0.3 is 0 Å². The molecule has 17 heavy (non-hydrogen) atoms. The van der Waals surface area contributed by atoms with Gasteiger partial charge in [-0.05, 0) is 6.92 Å². The minimum absolute atomic E-state index is 0.00546. The Labute approximate surface area is 103 Å². The molecule has 0 aliphatic carbocycles. The van der Waals surface area contributed by atoms with Crippen LogP contribution in [0.15, 0.2) is 0 Å². The second-order valence-corrected chi connectivity index (χ2v) is 4.49. The zero-order valence-electron chi connectivity index (χ0n) is 11.0. The molecular weight excluding hydrogens is 222 g/mol. The van der Waals surface area contributed by atoms with Crippen LogP contribution in [0, 0.1) is 5.41 Å². The molecule has 0 rings (SSSR count). The van der Waals surface area contributed by atoms with Gasteiger partial charge in [-0.25, -0.2) is 0 Å². The molecule has 0 aromatic carbocycles. The number of rotatable bonds is 8. The number of carbonyl (C=O) groups excluding carboxylic acids is 1. The smallest absolute Gasteiger partial charge is 0.229 e. The third-order valence-electron chi connectivity index (χ3n) is 2.38. The molecule has 6 nitrogen and oxygen atoms in total. The molecule has 0 unspecified atom stereocenters. The van der Waals surface area contributed by atoms with Crippen LogP contribution in [0.2, 0.25) is 0 Å². The highest BCUT2D eigenvalue weighted by Crippen LogP contribution is 1.94. The van der Waals surface area contributed by atoms with Gasteiger partial charge in [-0.2, -0.15) is 0 Å². The molecular formula is C11H24N3O3+. The summed E-state index contributed by atoms with van der Waals surface area (Å²) in [6.07, 6.45) is -0.0126. The molecule has 0 aliphatic rings. The lowest BCUT2D eigenvalue weighted by Crippen LogP contribution is -2.47. The first-order valence-electron chi connectivity index (χ1n) is 5.81. The van der Waals surface area contributed by atoms with E-state index in [0.717, 1.165) is 6.54 Å². The Hall–Kier alpha value is -1.14. The van der Waals surface area contributed by atoms with Crippen molar-refractivity contribution in [3.05, 3.63) is 0 Å². The van der Waals surface area contributed by atoms with Gasteiger partial charge in [0.25, 0.3) is 0 Å². The monoisotopic (exact) mass is 246 g/mol. The SMILES string of the molecule is CCOC(=N)CC(=O)NCC[N+](C)(C)CCO. The molecule has 0 saturated carbocycles. The molecule has 100 valence electrons. The normalized spacial score (nSPS) is 11.1. The number of carbonyl (C=O) groups is 1. The maximum atomic E-state index is 11.4. The van der Waals surface area contributed by atoms with Crippen molar-refractivity contribution >= 4 is 11.8 Å². The predicted molar refractivity (Wildman–Crippen MR) is 65.9 cm³/mol. The first-order chi connectivity index (χ1) is 7.91. The lowest BCUT2D eigenvalue weighted by atomic mass is 10.3. The molecule has 0 heterocycles. The van der Waals surface area contributed by atoms with Gasteiger partial charge < -0.3 is 19.6 Å². The van der Waals surface area contributed by atoms with E-state index in [2.05, 4.69) is 5.32 Å². The molecule has 0 saturated heterocycles. The van der Waals surface area contributed by atoms with Crippen LogP contribution in [0.4, 0.5) is 0 Å². The van der Waals surface area contributed by atoms with Gasteiger partial charge in [-0.15, -0.1) is 0 Å². The number of nitrogens with one attached hydrogen (secondary N) is 2. The van der Waals surface area contributed by atoms with E-state index in [1.165, 1.54) is 0 Å². The molecule has 0 aromatic rings. The largest absolute Gasteiger partial charge is 0.481 e. The Morgan fingerprint density at radius 1 is 1.41 bits per heavy atom. The minimum atomic E-state index is -0.201. The number of hydrogen-bond acceptors (Lipinski definition) is 4. The number of quaternary nitrogens is 1. The molecule has 0 aromatic heterocycles. The summed E-state index contributed by atoms with van der Waals surface area (Å²) in [7, 11) is 3.98. The van der Waals surface area contributed by atoms with Gasteiger partial charge in [0.2, 0.25) is 5.91 Å². The van der Waals surface area contributed by atoms with Crippen LogP contribution in [-0.4, -0.2) is 68.3 Å². The molecule has 0 bridgehead atoms. The molecule has 3 N–H and O–H groups in total. The van der Waals surface area contributed by atoms with E-state index >= 15 is 0 Å². The van der Waals surface area contributed by atoms with Gasteiger partial charge in [-0.1, -0.05) is 0 Å². The summed E-state index contributed by atoms with van der Waals surface area (Å²) in [6.45, 7) is 4.26. The third kappa shape index (κ3) is 8.65. The molecule has 6 heteroatoms. The molecule has 0 aliphatic heterocycles. The molecule has 0 spiro atoms. The molecule has 0 atom stereocenters. The standard InChI is InChI=1S/C11H23N3O3/c1-4-17-10(12)9-11(16)13-5-6-14(2,3)7-8-15/h12,15H,4-9H2,1-3H3/p+1. The second kappa shape index (κ2) is 8.03. The Morgan fingerprint density at radius 3 is 2.59 bits per heavy atom. The van der Waals surface area contributed by atoms with Crippen LogP contribution < -0.4 is 5.32 Å². The average molecular weight is 246 g/mol. The maximum Gasteiger partial charge on any atom is 0.229 e. The fourth-order valence-electron chi connectivity index (χ4n) is 1.31. The van der Waals surface area contributed by atoms with Crippen molar-refractivity contribution in [3.63, 3.8) is 0 Å². The van der Waals surface area contributed by atoms with E-state index in [1.54, 1.807) is 6.92 Å². The zero-order valence-corrected chi connectivity index (χ0v) is 11.0. The van der Waals surface area contributed by atoms with Crippen molar-refractivity contribution in [3.8, 4) is 0 Å². The highest BCUT2D eigenvalue weighted by atomic mass is 16.5. The van der Waals surface area contributed by atoms with Crippen LogP contribution in [-0.2, 0) is 9.53 Å². The minimum Gasteiger partial charge on any atom is -0.481 e. The summed E-state index contributed by atoms with van der Waals surface area (Å²) < 4.78 is 5.54. The summed E-state index contributed by atoms with van der Waals surface area (Å²) in [5.74, 6) is -0.207. The quantitative estimate of drug-likeness (QED) is 0.309. The van der Waals surface area contributed by atoms with Gasteiger partial charge in [0, 0.05) is 0 Å². The van der Waals surface area contributed by atoms with Crippen molar-refractivity contribution < 1.29 is 19.1 Å². The Balaban J connectivity index is 3.74. The zero-order chi connectivity index (χ0) is 13.3. The number of likely N-dealkylation sites (N-methyl/N-ethyl adjacent to an activating group) is 1. The van der Waals surface area contributed by atoms with E-state index in [1.807, 2.05) is 14.1 Å². The Bertz CT molecular complexity index is 254. The summed E-state index contributed by atoms with van der Waals surface area (Å²) >= 11 is 0. The topological polar surface area (TPSA) is 82.4 Å². The van der Waals surface area contributed by atoms with E-state index in [4.69, 9.17) is 15.3 Å². The van der Waals surface area contributed by atoms with Crippen molar-refractivity contribution in [2.24, 2.45) is 0 Å². The highest BCUT2D eigenvalue weighted by Gasteiger charge is 2.14. The summed E-state index contributed by atoms with van der Waals surface area (Å²) in [5, 5.41) is 18.9. The maximum absolute atomic E-state index is 11.4. The molecule has 0 fully saturated rings. The fourth-order valence-corrected chi connectivity index (χ4v) is 1.31. The number of aliphatic hydroxyl groups excluding tert-OH is 1. The Kier molecular flexibility index (Phi) is 7.49. The summed E-state index contributed by atoms with van der Waals surface area (Å²) in [6, 6.07) is 0. The highest BCUT2D eigenvalue weighted by molar-refractivity contribution is 5.95. The van der Waals surface area contributed by atoms with Crippen molar-refractivity contribution in [2.45, 2.75) is 13.3 Å². The molecule has 1 amide bonds.